The summed E-state index contributed by atoms with van der Waals surface area (Å²) in [7, 11) is 1.47. The predicted molar refractivity (Wildman–Crippen MR) is 113 cm³/mol. The van der Waals surface area contributed by atoms with Crippen molar-refractivity contribution in [2.24, 2.45) is 0 Å². The number of hydrogen-bond donors (Lipinski definition) is 1. The SMILES string of the molecule is COCOc1cc(C(C)(F)F)cc(C)c1-c1cc2c(C)cn(C3CC(C)(O)C3)c2nn1. The molecule has 0 saturated heterocycles. The van der Waals surface area contributed by atoms with Crippen molar-refractivity contribution in [3.8, 4) is 17.0 Å². The van der Waals surface area contributed by atoms with Crippen molar-refractivity contribution in [2.75, 3.05) is 13.9 Å². The molecule has 0 radical (unpaired) electrons. The first-order chi connectivity index (χ1) is 14.5. The molecule has 1 aliphatic carbocycles. The Morgan fingerprint density at radius 1 is 1.19 bits per heavy atom. The topological polar surface area (TPSA) is 69.4 Å². The van der Waals surface area contributed by atoms with Gasteiger partial charge in [0.2, 0.25) is 0 Å². The first-order valence-corrected chi connectivity index (χ1v) is 10.2. The van der Waals surface area contributed by atoms with E-state index in [2.05, 4.69) is 14.8 Å². The second kappa shape index (κ2) is 7.53. The van der Waals surface area contributed by atoms with Gasteiger partial charge in [0.15, 0.2) is 12.4 Å². The highest BCUT2D eigenvalue weighted by atomic mass is 19.3. The van der Waals surface area contributed by atoms with Gasteiger partial charge in [-0.15, -0.1) is 10.2 Å². The Hall–Kier alpha value is -2.58. The number of alkyl halides is 2. The standard InChI is InChI=1S/C23H27F2N3O3/c1-13-6-15(23(4,24)25)7-19(31-12-30-5)20(13)18-8-17-14(2)11-28(21(17)27-26-18)16-9-22(3,29)10-16/h6-8,11,16,29H,9-10,12H2,1-5H3. The van der Waals surface area contributed by atoms with E-state index in [-0.39, 0.29) is 24.1 Å². The quantitative estimate of drug-likeness (QED) is 0.563. The minimum Gasteiger partial charge on any atom is -0.467 e. The van der Waals surface area contributed by atoms with E-state index in [9.17, 15) is 13.9 Å². The van der Waals surface area contributed by atoms with E-state index < -0.39 is 11.5 Å². The Kier molecular flexibility index (Phi) is 5.26. The Bertz CT molecular complexity index is 1130. The second-order valence-electron chi connectivity index (χ2n) is 8.85. The number of aliphatic hydroxyl groups is 1. The van der Waals surface area contributed by atoms with Crippen LogP contribution in [0.2, 0.25) is 0 Å². The largest absolute Gasteiger partial charge is 0.467 e. The number of rotatable bonds is 6. The number of fused-ring (bicyclic) bond motifs is 1. The number of methoxy groups -OCH3 is 1. The molecule has 2 aromatic heterocycles. The van der Waals surface area contributed by atoms with Gasteiger partial charge in [-0.3, -0.25) is 0 Å². The number of nitrogens with zero attached hydrogens (tertiary/aromatic N) is 3. The minimum absolute atomic E-state index is 0.0716. The van der Waals surface area contributed by atoms with E-state index in [1.165, 1.54) is 19.2 Å². The maximum atomic E-state index is 14.0. The summed E-state index contributed by atoms with van der Waals surface area (Å²) in [5, 5.41) is 19.9. The highest BCUT2D eigenvalue weighted by Gasteiger charge is 2.40. The van der Waals surface area contributed by atoms with Gasteiger partial charge in [0.25, 0.3) is 5.92 Å². The molecule has 0 aliphatic heterocycles. The van der Waals surface area contributed by atoms with Gasteiger partial charge in [-0.25, -0.2) is 8.78 Å². The Morgan fingerprint density at radius 2 is 1.90 bits per heavy atom. The zero-order chi connectivity index (χ0) is 22.6. The van der Waals surface area contributed by atoms with Crippen LogP contribution in [-0.4, -0.2) is 39.4 Å². The smallest absolute Gasteiger partial charge is 0.270 e. The monoisotopic (exact) mass is 431 g/mol. The lowest BCUT2D eigenvalue weighted by atomic mass is 9.77. The zero-order valence-electron chi connectivity index (χ0n) is 18.4. The molecular weight excluding hydrogens is 404 g/mol. The summed E-state index contributed by atoms with van der Waals surface area (Å²) in [4.78, 5) is 0. The van der Waals surface area contributed by atoms with Gasteiger partial charge in [0, 0.05) is 42.8 Å². The molecule has 0 amide bonds. The van der Waals surface area contributed by atoms with E-state index in [1.54, 1.807) is 6.92 Å². The summed E-state index contributed by atoms with van der Waals surface area (Å²) in [5.74, 6) is -2.72. The average molecular weight is 431 g/mol. The maximum Gasteiger partial charge on any atom is 0.270 e. The van der Waals surface area contributed by atoms with E-state index >= 15 is 0 Å². The molecule has 6 nitrogen and oxygen atoms in total. The van der Waals surface area contributed by atoms with E-state index in [0.717, 1.165) is 23.5 Å². The van der Waals surface area contributed by atoms with Crippen LogP contribution < -0.4 is 4.74 Å². The van der Waals surface area contributed by atoms with Crippen molar-refractivity contribution in [3.05, 3.63) is 41.1 Å². The van der Waals surface area contributed by atoms with Gasteiger partial charge in [0.1, 0.15) is 5.75 Å². The normalized spacial score (nSPS) is 21.4. The van der Waals surface area contributed by atoms with E-state index in [0.29, 0.717) is 29.7 Å². The molecule has 31 heavy (non-hydrogen) atoms. The van der Waals surface area contributed by atoms with Crippen LogP contribution >= 0.6 is 0 Å². The van der Waals surface area contributed by atoms with Crippen molar-refractivity contribution >= 4 is 11.0 Å². The molecular formula is C23H27F2N3O3. The van der Waals surface area contributed by atoms with Crippen LogP contribution in [0.25, 0.3) is 22.3 Å². The van der Waals surface area contributed by atoms with Crippen molar-refractivity contribution < 1.29 is 23.4 Å². The van der Waals surface area contributed by atoms with Crippen LogP contribution in [0.15, 0.2) is 24.4 Å². The summed E-state index contributed by atoms with van der Waals surface area (Å²) >= 11 is 0. The third kappa shape index (κ3) is 4.02. The first-order valence-electron chi connectivity index (χ1n) is 10.2. The predicted octanol–water partition coefficient (Wildman–Crippen LogP) is 4.90. The molecule has 4 rings (SSSR count). The second-order valence-corrected chi connectivity index (χ2v) is 8.85. The van der Waals surface area contributed by atoms with Crippen molar-refractivity contribution in [3.63, 3.8) is 0 Å². The Labute approximate surface area is 179 Å². The Balaban J connectivity index is 1.80. The fraction of sp³-hybridized carbons (Fsp3) is 0.478. The Morgan fingerprint density at radius 3 is 2.52 bits per heavy atom. The number of halogens is 2. The first kappa shape index (κ1) is 21.6. The molecule has 166 valence electrons. The fourth-order valence-electron chi connectivity index (χ4n) is 4.33. The summed E-state index contributed by atoms with van der Waals surface area (Å²) in [6.07, 6.45) is 3.36. The van der Waals surface area contributed by atoms with Gasteiger partial charge >= 0.3 is 0 Å². The molecule has 1 fully saturated rings. The molecule has 2 heterocycles. The van der Waals surface area contributed by atoms with Crippen LogP contribution in [0.1, 0.15) is 49.4 Å². The van der Waals surface area contributed by atoms with Gasteiger partial charge in [-0.1, -0.05) is 0 Å². The summed E-state index contributed by atoms with van der Waals surface area (Å²) in [6.45, 7) is 6.37. The third-order valence-electron chi connectivity index (χ3n) is 5.92. The van der Waals surface area contributed by atoms with Gasteiger partial charge in [-0.05, 0) is 62.9 Å². The van der Waals surface area contributed by atoms with E-state index in [1.807, 2.05) is 26.1 Å². The molecule has 1 aromatic carbocycles. The lowest BCUT2D eigenvalue weighted by Gasteiger charge is -2.41. The van der Waals surface area contributed by atoms with Crippen molar-refractivity contribution in [1.82, 2.24) is 14.8 Å². The minimum atomic E-state index is -3.00. The van der Waals surface area contributed by atoms with Crippen LogP contribution in [0.5, 0.6) is 5.75 Å². The zero-order valence-corrected chi connectivity index (χ0v) is 18.4. The molecule has 1 aliphatic rings. The molecule has 3 aromatic rings. The summed E-state index contributed by atoms with van der Waals surface area (Å²) in [6, 6.07) is 4.88. The van der Waals surface area contributed by atoms with Crippen molar-refractivity contribution in [2.45, 2.75) is 58.1 Å². The lowest BCUT2D eigenvalue weighted by Crippen LogP contribution is -2.41. The number of benzene rings is 1. The van der Waals surface area contributed by atoms with Crippen LogP contribution in [0, 0.1) is 13.8 Å². The molecule has 0 unspecified atom stereocenters. The average Bonchev–Trinajstić information content (AvgIpc) is 2.99. The molecule has 1 saturated carbocycles. The van der Waals surface area contributed by atoms with Crippen LogP contribution in [0.4, 0.5) is 8.78 Å². The van der Waals surface area contributed by atoms with E-state index in [4.69, 9.17) is 9.47 Å². The number of hydrogen-bond acceptors (Lipinski definition) is 5. The van der Waals surface area contributed by atoms with Gasteiger partial charge in [0.05, 0.1) is 11.3 Å². The number of aromatic nitrogens is 3. The summed E-state index contributed by atoms with van der Waals surface area (Å²) in [5.41, 5.74) is 2.78. The molecule has 0 spiro atoms. The van der Waals surface area contributed by atoms with Crippen LogP contribution in [0.3, 0.4) is 0 Å². The van der Waals surface area contributed by atoms with Crippen LogP contribution in [-0.2, 0) is 10.7 Å². The highest BCUT2D eigenvalue weighted by Crippen LogP contribution is 2.43. The number of ether oxygens (including phenoxy) is 2. The maximum absolute atomic E-state index is 14.0. The summed E-state index contributed by atoms with van der Waals surface area (Å²) < 4.78 is 40.6. The molecule has 1 N–H and O–H groups in total. The lowest BCUT2D eigenvalue weighted by molar-refractivity contribution is -0.0498. The molecule has 8 heteroatoms. The molecule has 0 atom stereocenters. The third-order valence-corrected chi connectivity index (χ3v) is 5.92. The fourth-order valence-corrected chi connectivity index (χ4v) is 4.33. The van der Waals surface area contributed by atoms with Crippen molar-refractivity contribution in [1.29, 1.82) is 0 Å². The van der Waals surface area contributed by atoms with Gasteiger partial charge < -0.3 is 19.1 Å². The number of aryl methyl sites for hydroxylation is 2. The highest BCUT2D eigenvalue weighted by molar-refractivity contribution is 5.85. The van der Waals surface area contributed by atoms with Gasteiger partial charge in [-0.2, -0.15) is 0 Å². The molecule has 0 bridgehead atoms.